The lowest BCUT2D eigenvalue weighted by Crippen LogP contribution is -2.36. The predicted octanol–water partition coefficient (Wildman–Crippen LogP) is 1.41. The summed E-state index contributed by atoms with van der Waals surface area (Å²) >= 11 is 0. The van der Waals surface area contributed by atoms with Crippen LogP contribution >= 0.6 is 0 Å². The van der Waals surface area contributed by atoms with Crippen LogP contribution in [-0.4, -0.2) is 34.8 Å². The first-order valence-corrected chi connectivity index (χ1v) is 5.85. The summed E-state index contributed by atoms with van der Waals surface area (Å²) in [6.07, 6.45) is 0.0700. The molecule has 18 heavy (non-hydrogen) atoms. The first-order chi connectivity index (χ1) is 8.49. The van der Waals surface area contributed by atoms with Gasteiger partial charge < -0.3 is 14.3 Å². The molecule has 1 amide bonds. The molecule has 0 bridgehead atoms. The average Bonchev–Trinajstić information content (AvgIpc) is 2.89. The number of hydrogen-bond donors (Lipinski definition) is 0. The molecule has 0 aromatic carbocycles. The number of amides is 1. The van der Waals surface area contributed by atoms with Gasteiger partial charge in [0.15, 0.2) is 0 Å². The van der Waals surface area contributed by atoms with Gasteiger partial charge in [0.1, 0.15) is 5.76 Å². The van der Waals surface area contributed by atoms with Gasteiger partial charge in [-0.3, -0.25) is 4.79 Å². The van der Waals surface area contributed by atoms with Gasteiger partial charge in [0, 0.05) is 19.0 Å². The SMILES string of the molecule is CC1=NO[C@H](C(=O)N(C)Cc2c(C)noc2C)C1. The molecule has 98 valence electrons. The summed E-state index contributed by atoms with van der Waals surface area (Å²) in [6.45, 7) is 6.02. The van der Waals surface area contributed by atoms with Crippen molar-refractivity contribution in [3.63, 3.8) is 0 Å². The maximum atomic E-state index is 12.1. The summed E-state index contributed by atoms with van der Waals surface area (Å²) in [5.74, 6) is 0.669. The van der Waals surface area contributed by atoms with Crippen LogP contribution in [0.4, 0.5) is 0 Å². The largest absolute Gasteiger partial charge is 0.382 e. The summed E-state index contributed by atoms with van der Waals surface area (Å²) in [5, 5.41) is 7.66. The summed E-state index contributed by atoms with van der Waals surface area (Å²) < 4.78 is 5.08. The third kappa shape index (κ3) is 2.37. The van der Waals surface area contributed by atoms with Crippen LogP contribution in [0.5, 0.6) is 0 Å². The van der Waals surface area contributed by atoms with Crippen molar-refractivity contribution >= 4 is 11.6 Å². The molecule has 0 saturated carbocycles. The fourth-order valence-corrected chi connectivity index (χ4v) is 1.92. The van der Waals surface area contributed by atoms with E-state index in [0.29, 0.717) is 13.0 Å². The van der Waals surface area contributed by atoms with Crippen LogP contribution in [-0.2, 0) is 16.2 Å². The number of likely N-dealkylation sites (N-methyl/N-ethyl adjacent to an activating group) is 1. The van der Waals surface area contributed by atoms with E-state index in [2.05, 4.69) is 10.3 Å². The fourth-order valence-electron chi connectivity index (χ4n) is 1.92. The lowest BCUT2D eigenvalue weighted by Gasteiger charge is -2.19. The number of nitrogens with zero attached hydrogens (tertiary/aromatic N) is 3. The van der Waals surface area contributed by atoms with E-state index in [0.717, 1.165) is 22.7 Å². The van der Waals surface area contributed by atoms with E-state index in [1.807, 2.05) is 20.8 Å². The first kappa shape index (κ1) is 12.6. The molecular weight excluding hydrogens is 234 g/mol. The highest BCUT2D eigenvalue weighted by Gasteiger charge is 2.29. The molecule has 0 fully saturated rings. The number of carbonyl (C=O) groups excluding carboxylic acids is 1. The zero-order valence-corrected chi connectivity index (χ0v) is 11.1. The Morgan fingerprint density at radius 1 is 1.44 bits per heavy atom. The number of oxime groups is 1. The maximum Gasteiger partial charge on any atom is 0.266 e. The van der Waals surface area contributed by atoms with E-state index in [9.17, 15) is 4.79 Å². The van der Waals surface area contributed by atoms with Gasteiger partial charge in [0.05, 0.1) is 18.0 Å². The van der Waals surface area contributed by atoms with Crippen LogP contribution in [0.1, 0.15) is 30.4 Å². The molecule has 0 radical (unpaired) electrons. The van der Waals surface area contributed by atoms with E-state index in [1.54, 1.807) is 11.9 Å². The Bertz CT molecular complexity index is 473. The maximum absolute atomic E-state index is 12.1. The van der Waals surface area contributed by atoms with E-state index in [4.69, 9.17) is 9.36 Å². The summed E-state index contributed by atoms with van der Waals surface area (Å²) in [5.41, 5.74) is 2.60. The Morgan fingerprint density at radius 2 is 2.17 bits per heavy atom. The normalized spacial score (nSPS) is 18.4. The second-order valence-electron chi connectivity index (χ2n) is 4.62. The predicted molar refractivity (Wildman–Crippen MR) is 65.1 cm³/mol. The molecule has 0 aliphatic carbocycles. The highest BCUT2D eigenvalue weighted by atomic mass is 16.6. The Balaban J connectivity index is 2.00. The van der Waals surface area contributed by atoms with Crippen molar-refractivity contribution in [2.75, 3.05) is 7.05 Å². The van der Waals surface area contributed by atoms with Gasteiger partial charge in [-0.2, -0.15) is 0 Å². The molecule has 1 aliphatic rings. The van der Waals surface area contributed by atoms with Crippen molar-refractivity contribution in [3.05, 3.63) is 17.0 Å². The summed E-state index contributed by atoms with van der Waals surface area (Å²) in [4.78, 5) is 18.8. The minimum Gasteiger partial charge on any atom is -0.382 e. The zero-order valence-electron chi connectivity index (χ0n) is 11.1. The average molecular weight is 251 g/mol. The molecule has 0 N–H and O–H groups in total. The molecular formula is C12H17N3O3. The molecule has 2 heterocycles. The second-order valence-corrected chi connectivity index (χ2v) is 4.62. The van der Waals surface area contributed by atoms with Crippen LogP contribution in [0.3, 0.4) is 0 Å². The quantitative estimate of drug-likeness (QED) is 0.814. The summed E-state index contributed by atoms with van der Waals surface area (Å²) in [6, 6.07) is 0. The summed E-state index contributed by atoms with van der Waals surface area (Å²) in [7, 11) is 1.74. The Labute approximate surface area is 106 Å². The third-order valence-corrected chi connectivity index (χ3v) is 3.04. The lowest BCUT2D eigenvalue weighted by molar-refractivity contribution is -0.141. The Morgan fingerprint density at radius 3 is 2.67 bits per heavy atom. The Hall–Kier alpha value is -1.85. The topological polar surface area (TPSA) is 67.9 Å². The second kappa shape index (κ2) is 4.80. The minimum atomic E-state index is -0.490. The molecule has 1 atom stereocenters. The number of rotatable bonds is 3. The van der Waals surface area contributed by atoms with E-state index < -0.39 is 6.10 Å². The van der Waals surface area contributed by atoms with Crippen molar-refractivity contribution in [2.45, 2.75) is 39.8 Å². The van der Waals surface area contributed by atoms with Crippen molar-refractivity contribution < 1.29 is 14.2 Å². The molecule has 1 aliphatic heterocycles. The first-order valence-electron chi connectivity index (χ1n) is 5.85. The van der Waals surface area contributed by atoms with Gasteiger partial charge in [0.25, 0.3) is 5.91 Å². The standard InChI is InChI=1S/C12H17N3O3/c1-7-5-11(18-13-7)12(16)15(4)6-10-8(2)14-17-9(10)3/h11H,5-6H2,1-4H3/t11-/m0/s1. The van der Waals surface area contributed by atoms with E-state index >= 15 is 0 Å². The van der Waals surface area contributed by atoms with Crippen LogP contribution in [0.25, 0.3) is 0 Å². The van der Waals surface area contributed by atoms with Crippen molar-refractivity contribution in [3.8, 4) is 0 Å². The molecule has 0 saturated heterocycles. The minimum absolute atomic E-state index is 0.0735. The van der Waals surface area contributed by atoms with Crippen LogP contribution in [0.2, 0.25) is 0 Å². The van der Waals surface area contributed by atoms with Crippen LogP contribution in [0.15, 0.2) is 9.68 Å². The molecule has 0 spiro atoms. The highest BCUT2D eigenvalue weighted by Crippen LogP contribution is 2.17. The molecule has 0 unspecified atom stereocenters. The van der Waals surface area contributed by atoms with Crippen molar-refractivity contribution in [1.29, 1.82) is 0 Å². The Kier molecular flexibility index (Phi) is 3.36. The van der Waals surface area contributed by atoms with Gasteiger partial charge in [-0.05, 0) is 20.8 Å². The number of aromatic nitrogens is 1. The van der Waals surface area contributed by atoms with Crippen molar-refractivity contribution in [1.82, 2.24) is 10.1 Å². The molecule has 2 rings (SSSR count). The fraction of sp³-hybridized carbons (Fsp3) is 0.583. The molecule has 1 aromatic heterocycles. The number of aryl methyl sites for hydroxylation is 2. The van der Waals surface area contributed by atoms with Gasteiger partial charge in [0.2, 0.25) is 6.10 Å². The smallest absolute Gasteiger partial charge is 0.266 e. The monoisotopic (exact) mass is 251 g/mol. The van der Waals surface area contributed by atoms with Gasteiger partial charge in [-0.1, -0.05) is 10.3 Å². The third-order valence-electron chi connectivity index (χ3n) is 3.04. The molecule has 6 nitrogen and oxygen atoms in total. The van der Waals surface area contributed by atoms with Crippen molar-refractivity contribution in [2.24, 2.45) is 5.16 Å². The van der Waals surface area contributed by atoms with E-state index in [-0.39, 0.29) is 5.91 Å². The van der Waals surface area contributed by atoms with Gasteiger partial charge in [-0.25, -0.2) is 0 Å². The van der Waals surface area contributed by atoms with Crippen LogP contribution in [0, 0.1) is 13.8 Å². The number of carbonyl (C=O) groups is 1. The molecule has 6 heteroatoms. The zero-order chi connectivity index (χ0) is 13.3. The van der Waals surface area contributed by atoms with E-state index in [1.165, 1.54) is 0 Å². The van der Waals surface area contributed by atoms with Gasteiger partial charge >= 0.3 is 0 Å². The number of hydrogen-bond acceptors (Lipinski definition) is 5. The lowest BCUT2D eigenvalue weighted by atomic mass is 10.1. The van der Waals surface area contributed by atoms with Gasteiger partial charge in [-0.15, -0.1) is 0 Å². The highest BCUT2D eigenvalue weighted by molar-refractivity contribution is 5.91. The van der Waals surface area contributed by atoms with Crippen LogP contribution < -0.4 is 0 Å². The molecule has 1 aromatic rings.